The number of fused-ring (bicyclic) bond motifs is 1. The van der Waals surface area contributed by atoms with Gasteiger partial charge >= 0.3 is 0 Å². The van der Waals surface area contributed by atoms with E-state index >= 15 is 0 Å². The summed E-state index contributed by atoms with van der Waals surface area (Å²) in [6.07, 6.45) is 6.22. The summed E-state index contributed by atoms with van der Waals surface area (Å²) in [7, 11) is 1.81. The molecule has 3 aromatic rings. The molecule has 0 radical (unpaired) electrons. The van der Waals surface area contributed by atoms with E-state index < -0.39 is 0 Å². The van der Waals surface area contributed by atoms with E-state index in [9.17, 15) is 9.59 Å². The fourth-order valence-electron chi connectivity index (χ4n) is 2.52. The zero-order valence-electron chi connectivity index (χ0n) is 14.4. The molecular weight excluding hydrogens is 320 g/mol. The maximum Gasteiger partial charge on any atom is 0.256 e. The molecule has 0 aliphatic rings. The number of hydrogen-bond donors (Lipinski definition) is 2. The molecule has 0 bridgehead atoms. The van der Waals surface area contributed by atoms with Gasteiger partial charge in [0.2, 0.25) is 5.91 Å². The highest BCUT2D eigenvalue weighted by Gasteiger charge is 2.09. The van der Waals surface area contributed by atoms with Crippen molar-refractivity contribution in [1.82, 2.24) is 29.9 Å². The van der Waals surface area contributed by atoms with Gasteiger partial charge in [0.15, 0.2) is 0 Å². The molecule has 0 atom stereocenters. The first kappa shape index (κ1) is 16.7. The molecule has 0 spiro atoms. The van der Waals surface area contributed by atoms with E-state index in [1.807, 2.05) is 27.0 Å². The van der Waals surface area contributed by atoms with Gasteiger partial charge in [0.05, 0.1) is 18.4 Å². The van der Waals surface area contributed by atoms with Crippen molar-refractivity contribution >= 4 is 23.0 Å². The highest BCUT2D eigenvalue weighted by Crippen LogP contribution is 2.15. The molecule has 0 aromatic carbocycles. The predicted octanol–water partition coefficient (Wildman–Crippen LogP) is 1.37. The van der Waals surface area contributed by atoms with E-state index in [1.54, 1.807) is 27.8 Å². The minimum Gasteiger partial charge on any atom is -0.347 e. The molecule has 0 aliphatic heterocycles. The van der Waals surface area contributed by atoms with E-state index in [2.05, 4.69) is 20.5 Å². The molecule has 25 heavy (non-hydrogen) atoms. The van der Waals surface area contributed by atoms with Crippen LogP contribution in [0, 0.1) is 0 Å². The van der Waals surface area contributed by atoms with E-state index in [0.717, 1.165) is 11.1 Å². The third-order valence-corrected chi connectivity index (χ3v) is 3.90. The quantitative estimate of drug-likeness (QED) is 0.685. The van der Waals surface area contributed by atoms with Crippen LogP contribution in [0.15, 0.2) is 35.4 Å². The number of amides is 1. The SMILES string of the molecule is CC(C)n1ncc2cc(/C=C/C(=O)NCc3ccnn3C)c(=O)[nH]c21. The summed E-state index contributed by atoms with van der Waals surface area (Å²) in [5, 5.41) is 11.9. The average Bonchev–Trinajstić information content (AvgIpc) is 3.16. The van der Waals surface area contributed by atoms with Crippen LogP contribution in [0.5, 0.6) is 0 Å². The lowest BCUT2D eigenvalue weighted by atomic mass is 10.2. The first-order valence-corrected chi connectivity index (χ1v) is 7.99. The lowest BCUT2D eigenvalue weighted by Gasteiger charge is -2.06. The standard InChI is InChI=1S/C17H20N6O2/c1-11(2)23-16-13(9-20-23)8-12(17(25)21-16)4-5-15(24)18-10-14-6-7-19-22(14)3/h4-9,11H,10H2,1-3H3,(H,18,24)(H,21,25)/b5-4+. The number of nitrogens with one attached hydrogen (secondary N) is 2. The molecular formula is C17H20N6O2. The molecule has 0 fully saturated rings. The molecule has 0 unspecified atom stereocenters. The molecule has 0 saturated heterocycles. The molecule has 2 N–H and O–H groups in total. The van der Waals surface area contributed by atoms with Crippen molar-refractivity contribution < 1.29 is 4.79 Å². The first-order valence-electron chi connectivity index (χ1n) is 7.99. The smallest absolute Gasteiger partial charge is 0.256 e. The normalized spacial score (nSPS) is 11.7. The summed E-state index contributed by atoms with van der Waals surface area (Å²) >= 11 is 0. The van der Waals surface area contributed by atoms with E-state index in [1.165, 1.54) is 12.2 Å². The first-order chi connectivity index (χ1) is 12.0. The van der Waals surface area contributed by atoms with Gasteiger partial charge in [0.1, 0.15) is 5.65 Å². The van der Waals surface area contributed by atoms with Gasteiger partial charge in [0.25, 0.3) is 5.56 Å². The second kappa shape index (κ2) is 6.76. The number of nitrogens with zero attached hydrogens (tertiary/aromatic N) is 4. The number of rotatable bonds is 5. The summed E-state index contributed by atoms with van der Waals surface area (Å²) in [6, 6.07) is 3.70. The number of aromatic nitrogens is 5. The number of pyridine rings is 1. The molecule has 8 heteroatoms. The highest BCUT2D eigenvalue weighted by atomic mass is 16.1. The zero-order valence-corrected chi connectivity index (χ0v) is 14.4. The number of H-pyrrole nitrogens is 1. The topological polar surface area (TPSA) is 97.6 Å². The fraction of sp³-hybridized carbons (Fsp3) is 0.294. The summed E-state index contributed by atoms with van der Waals surface area (Å²) in [5.74, 6) is -0.279. The Bertz CT molecular complexity index is 992. The fourth-order valence-corrected chi connectivity index (χ4v) is 2.52. The van der Waals surface area contributed by atoms with Gasteiger partial charge in [-0.3, -0.25) is 14.3 Å². The van der Waals surface area contributed by atoms with Crippen LogP contribution in [0.25, 0.3) is 17.1 Å². The third-order valence-electron chi connectivity index (χ3n) is 3.90. The molecule has 3 aromatic heterocycles. The maximum atomic E-state index is 12.2. The van der Waals surface area contributed by atoms with Crippen LogP contribution in [0.3, 0.4) is 0 Å². The van der Waals surface area contributed by atoms with Crippen LogP contribution in [-0.4, -0.2) is 30.5 Å². The van der Waals surface area contributed by atoms with Crippen molar-refractivity contribution in [3.05, 3.63) is 52.2 Å². The van der Waals surface area contributed by atoms with Crippen LogP contribution in [0.2, 0.25) is 0 Å². The largest absolute Gasteiger partial charge is 0.347 e. The van der Waals surface area contributed by atoms with E-state index in [-0.39, 0.29) is 17.5 Å². The lowest BCUT2D eigenvalue weighted by molar-refractivity contribution is -0.116. The minimum atomic E-state index is -0.279. The Morgan fingerprint density at radius 3 is 2.88 bits per heavy atom. The average molecular weight is 340 g/mol. The van der Waals surface area contributed by atoms with Gasteiger partial charge in [-0.25, -0.2) is 4.68 Å². The monoisotopic (exact) mass is 340 g/mol. The Morgan fingerprint density at radius 2 is 2.20 bits per heavy atom. The molecule has 3 rings (SSSR count). The second-order valence-electron chi connectivity index (χ2n) is 6.04. The van der Waals surface area contributed by atoms with Crippen LogP contribution in [0.1, 0.15) is 31.1 Å². The molecule has 0 aliphatic carbocycles. The van der Waals surface area contributed by atoms with Crippen LogP contribution in [-0.2, 0) is 18.4 Å². The van der Waals surface area contributed by atoms with Gasteiger partial charge in [-0.1, -0.05) is 0 Å². The Kier molecular flexibility index (Phi) is 4.51. The number of aryl methyl sites for hydroxylation is 1. The Hall–Kier alpha value is -3.16. The number of carbonyl (C=O) groups excluding carboxylic acids is 1. The summed E-state index contributed by atoms with van der Waals surface area (Å²) in [6.45, 7) is 4.35. The lowest BCUT2D eigenvalue weighted by Crippen LogP contribution is -2.22. The molecule has 0 saturated carbocycles. The number of aromatic amines is 1. The maximum absolute atomic E-state index is 12.2. The van der Waals surface area contributed by atoms with E-state index in [0.29, 0.717) is 17.8 Å². The van der Waals surface area contributed by atoms with Crippen molar-refractivity contribution in [3.8, 4) is 0 Å². The summed E-state index contributed by atoms with van der Waals surface area (Å²) < 4.78 is 3.44. The summed E-state index contributed by atoms with van der Waals surface area (Å²) in [5.41, 5.74) is 1.72. The molecule has 130 valence electrons. The molecule has 1 amide bonds. The van der Waals surface area contributed by atoms with Crippen LogP contribution < -0.4 is 10.9 Å². The number of carbonyl (C=O) groups is 1. The van der Waals surface area contributed by atoms with Crippen molar-refractivity contribution in [2.75, 3.05) is 0 Å². The Labute approximate surface area is 144 Å². The van der Waals surface area contributed by atoms with Gasteiger partial charge in [-0.15, -0.1) is 0 Å². The Balaban J connectivity index is 1.74. The van der Waals surface area contributed by atoms with Crippen molar-refractivity contribution in [2.24, 2.45) is 7.05 Å². The second-order valence-corrected chi connectivity index (χ2v) is 6.04. The zero-order chi connectivity index (χ0) is 18.0. The third kappa shape index (κ3) is 3.52. The highest BCUT2D eigenvalue weighted by molar-refractivity contribution is 5.92. The van der Waals surface area contributed by atoms with Crippen LogP contribution in [0.4, 0.5) is 0 Å². The van der Waals surface area contributed by atoms with Gasteiger partial charge in [-0.05, 0) is 32.1 Å². The van der Waals surface area contributed by atoms with Gasteiger partial charge in [0, 0.05) is 36.3 Å². The van der Waals surface area contributed by atoms with Crippen molar-refractivity contribution in [3.63, 3.8) is 0 Å². The van der Waals surface area contributed by atoms with Gasteiger partial charge < -0.3 is 10.3 Å². The van der Waals surface area contributed by atoms with E-state index in [4.69, 9.17) is 0 Å². The number of hydrogen-bond acceptors (Lipinski definition) is 4. The molecule has 3 heterocycles. The molecule has 8 nitrogen and oxygen atoms in total. The van der Waals surface area contributed by atoms with Crippen molar-refractivity contribution in [2.45, 2.75) is 26.4 Å². The minimum absolute atomic E-state index is 0.146. The predicted molar refractivity (Wildman–Crippen MR) is 94.8 cm³/mol. The Morgan fingerprint density at radius 1 is 1.40 bits per heavy atom. The van der Waals surface area contributed by atoms with Crippen molar-refractivity contribution in [1.29, 1.82) is 0 Å². The van der Waals surface area contributed by atoms with Gasteiger partial charge in [-0.2, -0.15) is 10.2 Å². The van der Waals surface area contributed by atoms with Crippen LogP contribution >= 0.6 is 0 Å². The summed E-state index contributed by atoms with van der Waals surface area (Å²) in [4.78, 5) is 27.0.